The van der Waals surface area contributed by atoms with Crippen LogP contribution in [0, 0.1) is 6.92 Å². The van der Waals surface area contributed by atoms with Crippen LogP contribution in [-0.4, -0.2) is 49.1 Å². The van der Waals surface area contributed by atoms with E-state index in [9.17, 15) is 8.42 Å². The third-order valence-corrected chi connectivity index (χ3v) is 6.22. The molecule has 7 nitrogen and oxygen atoms in total. The highest BCUT2D eigenvalue weighted by Gasteiger charge is 2.31. The van der Waals surface area contributed by atoms with E-state index in [0.717, 1.165) is 4.47 Å². The first-order valence-electron chi connectivity index (χ1n) is 7.33. The lowest BCUT2D eigenvalue weighted by Gasteiger charge is -2.30. The molecular weight excluding hydrogens is 384 g/mol. The van der Waals surface area contributed by atoms with Crippen LogP contribution in [0.2, 0.25) is 0 Å². The zero-order chi connectivity index (χ0) is 16.4. The molecule has 0 amide bonds. The molecule has 0 atom stereocenters. The van der Waals surface area contributed by atoms with E-state index in [4.69, 9.17) is 4.42 Å². The van der Waals surface area contributed by atoms with Gasteiger partial charge in [-0.1, -0.05) is 22.0 Å². The fraction of sp³-hybridized carbons (Fsp3) is 0.429. The minimum Gasteiger partial charge on any atom is -0.420 e. The van der Waals surface area contributed by atoms with Crippen LogP contribution in [0.4, 0.5) is 0 Å². The number of hydrogen-bond donors (Lipinski definition) is 1. The van der Waals surface area contributed by atoms with Gasteiger partial charge < -0.3 is 9.32 Å². The second kappa shape index (κ2) is 6.68. The summed E-state index contributed by atoms with van der Waals surface area (Å²) in [5.41, 5.74) is 0. The molecule has 0 radical (unpaired) electrons. The number of sulfonamides is 1. The van der Waals surface area contributed by atoms with E-state index in [1.54, 1.807) is 25.1 Å². The number of quaternary nitrogens is 1. The van der Waals surface area contributed by atoms with Crippen molar-refractivity contribution in [3.8, 4) is 0 Å². The Labute approximate surface area is 143 Å². The summed E-state index contributed by atoms with van der Waals surface area (Å²) >= 11 is 3.32. The molecule has 1 aromatic heterocycles. The monoisotopic (exact) mass is 401 g/mol. The zero-order valence-corrected chi connectivity index (χ0v) is 15.1. The molecule has 124 valence electrons. The number of rotatable bonds is 4. The second-order valence-corrected chi connectivity index (χ2v) is 8.36. The molecule has 1 aliphatic heterocycles. The van der Waals surface area contributed by atoms with Gasteiger partial charge in [0.2, 0.25) is 15.9 Å². The number of aromatic nitrogens is 2. The molecule has 9 heteroatoms. The first-order valence-corrected chi connectivity index (χ1v) is 9.57. The molecule has 1 aromatic carbocycles. The number of nitrogens with one attached hydrogen (secondary N) is 1. The lowest BCUT2D eigenvalue weighted by atomic mass is 10.3. The smallest absolute Gasteiger partial charge is 0.271 e. The number of benzene rings is 1. The Hall–Kier alpha value is -1.29. The third kappa shape index (κ3) is 3.79. The molecule has 0 unspecified atom stereocenters. The fourth-order valence-electron chi connectivity index (χ4n) is 2.62. The van der Waals surface area contributed by atoms with Crippen LogP contribution in [0.25, 0.3) is 0 Å². The maximum atomic E-state index is 12.7. The summed E-state index contributed by atoms with van der Waals surface area (Å²) < 4.78 is 33.0. The Balaban J connectivity index is 1.64. The minimum atomic E-state index is -3.44. The van der Waals surface area contributed by atoms with Gasteiger partial charge in [-0.25, -0.2) is 8.42 Å². The highest BCUT2D eigenvalue weighted by Crippen LogP contribution is 2.19. The van der Waals surface area contributed by atoms with Gasteiger partial charge in [-0.2, -0.15) is 4.31 Å². The molecule has 23 heavy (non-hydrogen) atoms. The fourth-order valence-corrected chi connectivity index (χ4v) is 4.66. The van der Waals surface area contributed by atoms with E-state index in [2.05, 4.69) is 26.1 Å². The van der Waals surface area contributed by atoms with Crippen LogP contribution in [0.3, 0.4) is 0 Å². The van der Waals surface area contributed by atoms with Crippen LogP contribution in [0.5, 0.6) is 0 Å². The van der Waals surface area contributed by atoms with Gasteiger partial charge in [0.25, 0.3) is 5.89 Å². The van der Waals surface area contributed by atoms with E-state index < -0.39 is 10.0 Å². The van der Waals surface area contributed by atoms with Crippen molar-refractivity contribution < 1.29 is 17.7 Å². The Bertz CT molecular complexity index is 785. The van der Waals surface area contributed by atoms with Crippen LogP contribution >= 0.6 is 15.9 Å². The second-order valence-electron chi connectivity index (χ2n) is 5.50. The number of piperazine rings is 1. The van der Waals surface area contributed by atoms with E-state index in [1.165, 1.54) is 9.21 Å². The Morgan fingerprint density at radius 2 is 2.04 bits per heavy atom. The summed E-state index contributed by atoms with van der Waals surface area (Å²) in [7, 11) is -3.44. The van der Waals surface area contributed by atoms with Crippen molar-refractivity contribution in [2.45, 2.75) is 18.4 Å². The van der Waals surface area contributed by atoms with Crippen molar-refractivity contribution in [2.75, 3.05) is 26.2 Å². The highest BCUT2D eigenvalue weighted by molar-refractivity contribution is 9.10. The van der Waals surface area contributed by atoms with Crippen molar-refractivity contribution >= 4 is 26.0 Å². The van der Waals surface area contributed by atoms with Gasteiger partial charge in [-0.15, -0.1) is 10.2 Å². The van der Waals surface area contributed by atoms with Crippen LogP contribution in [0.1, 0.15) is 11.8 Å². The van der Waals surface area contributed by atoms with Gasteiger partial charge in [-0.05, 0) is 18.2 Å². The molecular formula is C14H18BrN4O3S+. The standard InChI is InChI=1S/C14H17BrN4O3S/c1-11-16-17-14(22-11)10-18-5-7-19(8-6-18)23(20,21)13-4-2-3-12(15)9-13/h2-4,9H,5-8,10H2,1H3/p+1. The van der Waals surface area contributed by atoms with E-state index in [1.807, 2.05) is 6.07 Å². The minimum absolute atomic E-state index is 0.322. The zero-order valence-electron chi connectivity index (χ0n) is 12.7. The van der Waals surface area contributed by atoms with E-state index in [0.29, 0.717) is 49.4 Å². The quantitative estimate of drug-likeness (QED) is 0.792. The predicted molar refractivity (Wildman–Crippen MR) is 86.3 cm³/mol. The molecule has 1 N–H and O–H groups in total. The Morgan fingerprint density at radius 1 is 1.30 bits per heavy atom. The highest BCUT2D eigenvalue weighted by atomic mass is 79.9. The normalized spacial score (nSPS) is 17.5. The van der Waals surface area contributed by atoms with Crippen molar-refractivity contribution in [2.24, 2.45) is 0 Å². The van der Waals surface area contributed by atoms with E-state index >= 15 is 0 Å². The average Bonchev–Trinajstić information content (AvgIpc) is 2.93. The molecule has 1 saturated heterocycles. The van der Waals surface area contributed by atoms with Gasteiger partial charge in [-0.3, -0.25) is 0 Å². The largest absolute Gasteiger partial charge is 0.420 e. The maximum absolute atomic E-state index is 12.7. The Morgan fingerprint density at radius 3 is 2.65 bits per heavy atom. The van der Waals surface area contributed by atoms with Crippen LogP contribution in [0.15, 0.2) is 38.1 Å². The lowest BCUT2D eigenvalue weighted by molar-refractivity contribution is -0.918. The van der Waals surface area contributed by atoms with E-state index in [-0.39, 0.29) is 0 Å². The average molecular weight is 402 g/mol. The van der Waals surface area contributed by atoms with Gasteiger partial charge in [0.05, 0.1) is 31.1 Å². The van der Waals surface area contributed by atoms with Gasteiger partial charge in [0.15, 0.2) is 6.54 Å². The lowest BCUT2D eigenvalue weighted by Crippen LogP contribution is -3.13. The summed E-state index contributed by atoms with van der Waals surface area (Å²) in [5, 5.41) is 7.80. The molecule has 0 aliphatic carbocycles. The van der Waals surface area contributed by atoms with Crippen molar-refractivity contribution in [3.63, 3.8) is 0 Å². The summed E-state index contributed by atoms with van der Waals surface area (Å²) in [6.45, 7) is 4.79. The molecule has 1 aliphatic rings. The summed E-state index contributed by atoms with van der Waals surface area (Å²) in [5.74, 6) is 1.15. The molecule has 3 rings (SSSR count). The molecule has 0 bridgehead atoms. The Kier molecular flexibility index (Phi) is 4.81. The topological polar surface area (TPSA) is 80.7 Å². The molecule has 0 spiro atoms. The molecule has 2 heterocycles. The number of hydrogen-bond acceptors (Lipinski definition) is 5. The molecule has 0 saturated carbocycles. The van der Waals surface area contributed by atoms with Gasteiger partial charge in [0.1, 0.15) is 0 Å². The number of aryl methyl sites for hydroxylation is 1. The predicted octanol–water partition coefficient (Wildman–Crippen LogP) is 0.230. The summed E-state index contributed by atoms with van der Waals surface area (Å²) in [4.78, 5) is 1.57. The third-order valence-electron chi connectivity index (χ3n) is 3.83. The van der Waals surface area contributed by atoms with Gasteiger partial charge in [0, 0.05) is 11.4 Å². The van der Waals surface area contributed by atoms with Crippen LogP contribution in [-0.2, 0) is 16.6 Å². The molecule has 1 fully saturated rings. The van der Waals surface area contributed by atoms with Crippen molar-refractivity contribution in [3.05, 3.63) is 40.5 Å². The first-order chi connectivity index (χ1) is 10.9. The molecule has 2 aromatic rings. The number of nitrogens with zero attached hydrogens (tertiary/aromatic N) is 3. The first kappa shape index (κ1) is 16.6. The summed E-state index contributed by atoms with van der Waals surface area (Å²) in [6, 6.07) is 6.81. The van der Waals surface area contributed by atoms with Gasteiger partial charge >= 0.3 is 0 Å². The SMILES string of the molecule is Cc1nnc(C[NH+]2CCN(S(=O)(=O)c3cccc(Br)c3)CC2)o1. The van der Waals surface area contributed by atoms with Crippen molar-refractivity contribution in [1.82, 2.24) is 14.5 Å². The number of halogens is 1. The van der Waals surface area contributed by atoms with Crippen molar-refractivity contribution in [1.29, 1.82) is 0 Å². The van der Waals surface area contributed by atoms with Crippen LogP contribution < -0.4 is 4.90 Å². The maximum Gasteiger partial charge on any atom is 0.271 e. The summed E-state index contributed by atoms with van der Waals surface area (Å²) in [6.07, 6.45) is 0.